The first-order valence-corrected chi connectivity index (χ1v) is 8.69. The number of ether oxygens (including phenoxy) is 2. The van der Waals surface area contributed by atoms with Crippen molar-refractivity contribution in [3.05, 3.63) is 100 Å². The number of Topliss-reactive ketones (excluding diaryl/α,β-unsaturated/α-hetero) is 1. The molecule has 3 aromatic rings. The number of allylic oxidation sites excluding steroid dienone is 1. The monoisotopic (exact) mass is 394 g/mol. The predicted octanol–water partition coefficient (Wildman–Crippen LogP) is 5.31. The molecule has 3 aromatic carbocycles. The van der Waals surface area contributed by atoms with E-state index in [9.17, 15) is 14.0 Å². The van der Waals surface area contributed by atoms with Crippen molar-refractivity contribution in [1.29, 1.82) is 0 Å². The van der Waals surface area contributed by atoms with Crippen LogP contribution in [0.4, 0.5) is 4.39 Å². The largest absolute Gasteiger partial charge is 0.452 e. The van der Waals surface area contributed by atoms with Crippen molar-refractivity contribution in [3.63, 3.8) is 0 Å². The van der Waals surface area contributed by atoms with Crippen LogP contribution in [0.1, 0.15) is 26.3 Å². The number of halogens is 2. The van der Waals surface area contributed by atoms with Gasteiger partial charge in [0.2, 0.25) is 5.78 Å². The average Bonchev–Trinajstić information content (AvgIpc) is 2.97. The second kappa shape index (κ2) is 7.29. The smallest absolute Gasteiger partial charge is 0.346 e. The highest BCUT2D eigenvalue weighted by molar-refractivity contribution is 6.30. The molecule has 0 radical (unpaired) electrons. The summed E-state index contributed by atoms with van der Waals surface area (Å²) in [5.74, 6) is -1.26. The number of esters is 1. The Balaban J connectivity index is 1.57. The minimum Gasteiger partial charge on any atom is -0.452 e. The molecule has 0 atom stereocenters. The molecule has 0 fully saturated rings. The van der Waals surface area contributed by atoms with Gasteiger partial charge in [0, 0.05) is 11.1 Å². The molecule has 0 unspecified atom stereocenters. The van der Waals surface area contributed by atoms with Crippen molar-refractivity contribution >= 4 is 29.4 Å². The van der Waals surface area contributed by atoms with Gasteiger partial charge in [-0.05, 0) is 48.0 Å². The lowest BCUT2D eigenvalue weighted by Crippen LogP contribution is -2.10. The molecule has 0 bridgehead atoms. The maximum Gasteiger partial charge on any atom is 0.346 e. The molecule has 6 heteroatoms. The van der Waals surface area contributed by atoms with E-state index in [4.69, 9.17) is 21.1 Å². The third kappa shape index (κ3) is 3.52. The molecule has 28 heavy (non-hydrogen) atoms. The van der Waals surface area contributed by atoms with Gasteiger partial charge in [0.15, 0.2) is 5.76 Å². The molecule has 1 aliphatic rings. The highest BCUT2D eigenvalue weighted by Gasteiger charge is 2.28. The predicted molar refractivity (Wildman–Crippen MR) is 102 cm³/mol. The molecule has 0 spiro atoms. The van der Waals surface area contributed by atoms with Crippen molar-refractivity contribution < 1.29 is 23.5 Å². The van der Waals surface area contributed by atoms with Gasteiger partial charge in [-0.2, -0.15) is 0 Å². The van der Waals surface area contributed by atoms with Gasteiger partial charge in [0.1, 0.15) is 17.3 Å². The Hall–Kier alpha value is -3.44. The Morgan fingerprint density at radius 1 is 1.04 bits per heavy atom. The summed E-state index contributed by atoms with van der Waals surface area (Å²) in [7, 11) is 0. The van der Waals surface area contributed by atoms with Crippen molar-refractivity contribution in [2.75, 3.05) is 0 Å². The van der Waals surface area contributed by atoms with E-state index in [0.29, 0.717) is 10.6 Å². The quantitative estimate of drug-likeness (QED) is 0.343. The van der Waals surface area contributed by atoms with Crippen LogP contribution in [0.25, 0.3) is 6.08 Å². The van der Waals surface area contributed by atoms with E-state index in [-0.39, 0.29) is 28.6 Å². The SMILES string of the molecule is O=C(Oc1ccc2c(c1)O/C(=C\c1cccc(Cl)c1)C2=O)c1ccccc1F. The van der Waals surface area contributed by atoms with Crippen LogP contribution in [0, 0.1) is 5.82 Å². The normalized spacial score (nSPS) is 13.9. The molecule has 0 aromatic heterocycles. The molecule has 1 heterocycles. The lowest BCUT2D eigenvalue weighted by atomic mass is 10.1. The summed E-state index contributed by atoms with van der Waals surface area (Å²) in [5, 5.41) is 0.541. The summed E-state index contributed by atoms with van der Waals surface area (Å²) in [5.41, 5.74) is 0.885. The van der Waals surface area contributed by atoms with Crippen molar-refractivity contribution in [3.8, 4) is 11.5 Å². The van der Waals surface area contributed by atoms with E-state index in [1.165, 1.54) is 42.5 Å². The third-order valence-electron chi connectivity index (χ3n) is 4.09. The lowest BCUT2D eigenvalue weighted by molar-refractivity contribution is 0.0729. The molecule has 4 nitrogen and oxygen atoms in total. The number of benzene rings is 3. The number of rotatable bonds is 3. The topological polar surface area (TPSA) is 52.6 Å². The Morgan fingerprint density at radius 3 is 2.64 bits per heavy atom. The molecule has 4 rings (SSSR count). The number of hydrogen-bond donors (Lipinski definition) is 0. The Labute approximate surface area is 164 Å². The van der Waals surface area contributed by atoms with Gasteiger partial charge >= 0.3 is 5.97 Å². The first kappa shape index (κ1) is 17.9. The number of ketones is 1. The first-order valence-electron chi connectivity index (χ1n) is 8.32. The molecule has 1 aliphatic heterocycles. The highest BCUT2D eigenvalue weighted by atomic mass is 35.5. The maximum absolute atomic E-state index is 13.7. The maximum atomic E-state index is 13.7. The molecular weight excluding hydrogens is 383 g/mol. The van der Waals surface area contributed by atoms with E-state index in [2.05, 4.69) is 0 Å². The molecular formula is C22H12ClFO4. The minimum atomic E-state index is -0.836. The van der Waals surface area contributed by atoms with E-state index < -0.39 is 11.8 Å². The minimum absolute atomic E-state index is 0.134. The van der Waals surface area contributed by atoms with E-state index in [1.807, 2.05) is 0 Å². The van der Waals surface area contributed by atoms with E-state index in [1.54, 1.807) is 30.3 Å². The summed E-state index contributed by atoms with van der Waals surface area (Å²) in [4.78, 5) is 24.6. The number of carbonyl (C=O) groups excluding carboxylic acids is 2. The summed E-state index contributed by atoms with van der Waals surface area (Å²) in [6.07, 6.45) is 1.58. The zero-order chi connectivity index (χ0) is 19.7. The van der Waals surface area contributed by atoms with Crippen LogP contribution in [0.5, 0.6) is 11.5 Å². The Kier molecular flexibility index (Phi) is 4.67. The standard InChI is InChI=1S/C22H12ClFO4/c23-14-5-3-4-13(10-14)11-20-21(25)17-9-8-15(12-19(17)28-20)27-22(26)16-6-1-2-7-18(16)24/h1-12H/b20-11-. The Bertz CT molecular complexity index is 1140. The molecule has 0 saturated heterocycles. The van der Waals surface area contributed by atoms with Crippen LogP contribution in [0.3, 0.4) is 0 Å². The summed E-state index contributed by atoms with van der Waals surface area (Å²) in [6.45, 7) is 0. The second-order valence-corrected chi connectivity index (χ2v) is 6.46. The fourth-order valence-electron chi connectivity index (χ4n) is 2.77. The van der Waals surface area contributed by atoms with Crippen molar-refractivity contribution in [1.82, 2.24) is 0 Å². The van der Waals surface area contributed by atoms with Gasteiger partial charge < -0.3 is 9.47 Å². The van der Waals surface area contributed by atoms with E-state index >= 15 is 0 Å². The zero-order valence-corrected chi connectivity index (χ0v) is 15.1. The zero-order valence-electron chi connectivity index (χ0n) is 14.3. The van der Waals surface area contributed by atoms with Crippen LogP contribution < -0.4 is 9.47 Å². The molecule has 0 amide bonds. The van der Waals surface area contributed by atoms with Crippen LogP contribution in [-0.2, 0) is 0 Å². The van der Waals surface area contributed by atoms with Gasteiger partial charge in [0.05, 0.1) is 11.1 Å². The van der Waals surface area contributed by atoms with Crippen LogP contribution in [0.15, 0.2) is 72.5 Å². The summed E-state index contributed by atoms with van der Waals surface area (Å²) >= 11 is 5.96. The molecule has 138 valence electrons. The number of hydrogen-bond acceptors (Lipinski definition) is 4. The van der Waals surface area contributed by atoms with Crippen LogP contribution in [-0.4, -0.2) is 11.8 Å². The molecule has 0 N–H and O–H groups in total. The summed E-state index contributed by atoms with van der Waals surface area (Å²) in [6, 6.07) is 16.9. The Morgan fingerprint density at radius 2 is 1.86 bits per heavy atom. The van der Waals surface area contributed by atoms with Crippen molar-refractivity contribution in [2.24, 2.45) is 0 Å². The lowest BCUT2D eigenvalue weighted by Gasteiger charge is -2.06. The van der Waals surface area contributed by atoms with Crippen LogP contribution in [0.2, 0.25) is 5.02 Å². The molecule has 0 aliphatic carbocycles. The second-order valence-electron chi connectivity index (χ2n) is 6.02. The fraction of sp³-hybridized carbons (Fsp3) is 0. The van der Waals surface area contributed by atoms with Crippen molar-refractivity contribution in [2.45, 2.75) is 0 Å². The van der Waals surface area contributed by atoms with Crippen LogP contribution >= 0.6 is 11.6 Å². The van der Waals surface area contributed by atoms with E-state index in [0.717, 1.165) is 5.56 Å². The number of fused-ring (bicyclic) bond motifs is 1. The van der Waals surface area contributed by atoms with Gasteiger partial charge in [-0.1, -0.05) is 35.9 Å². The van der Waals surface area contributed by atoms with Gasteiger partial charge in [0.25, 0.3) is 0 Å². The summed E-state index contributed by atoms with van der Waals surface area (Å²) < 4.78 is 24.5. The highest BCUT2D eigenvalue weighted by Crippen LogP contribution is 2.35. The van der Waals surface area contributed by atoms with Gasteiger partial charge in [-0.3, -0.25) is 4.79 Å². The first-order chi connectivity index (χ1) is 13.5. The average molecular weight is 395 g/mol. The van der Waals surface area contributed by atoms with Gasteiger partial charge in [-0.15, -0.1) is 0 Å². The third-order valence-corrected chi connectivity index (χ3v) is 4.33. The number of carbonyl (C=O) groups is 2. The molecule has 0 saturated carbocycles. The fourth-order valence-corrected chi connectivity index (χ4v) is 2.97. The van der Waals surface area contributed by atoms with Gasteiger partial charge in [-0.25, -0.2) is 9.18 Å².